The third-order valence-corrected chi connectivity index (χ3v) is 3.44. The van der Waals surface area contributed by atoms with E-state index in [4.69, 9.17) is 0 Å². The van der Waals surface area contributed by atoms with Crippen molar-refractivity contribution in [3.8, 4) is 11.8 Å². The highest BCUT2D eigenvalue weighted by Gasteiger charge is 2.19. The maximum atomic E-state index is 10.0. The van der Waals surface area contributed by atoms with E-state index in [2.05, 4.69) is 11.8 Å². The van der Waals surface area contributed by atoms with Crippen LogP contribution in [0.4, 0.5) is 0 Å². The summed E-state index contributed by atoms with van der Waals surface area (Å²) in [4.78, 5) is 0. The molecule has 0 aromatic rings. The zero-order chi connectivity index (χ0) is 10.9. The second-order valence-electron chi connectivity index (χ2n) is 4.64. The third kappa shape index (κ3) is 5.23. The van der Waals surface area contributed by atoms with Crippen molar-refractivity contribution in [3.63, 3.8) is 0 Å². The molecule has 1 aliphatic rings. The van der Waals surface area contributed by atoms with E-state index >= 15 is 0 Å². The first-order valence-electron chi connectivity index (χ1n) is 6.42. The maximum absolute atomic E-state index is 10.0. The molecule has 1 unspecified atom stereocenters. The van der Waals surface area contributed by atoms with Gasteiger partial charge in [0.1, 0.15) is 0 Å². The zero-order valence-corrected chi connectivity index (χ0v) is 9.97. The predicted octanol–water partition coefficient (Wildman–Crippen LogP) is 3.51. The summed E-state index contributed by atoms with van der Waals surface area (Å²) in [5, 5.41) is 10.0. The minimum atomic E-state index is -0.107. The van der Waals surface area contributed by atoms with Gasteiger partial charge in [0, 0.05) is 6.42 Å². The molecular formula is C14H24O. The molecule has 1 atom stereocenters. The number of rotatable bonds is 3. The van der Waals surface area contributed by atoms with Gasteiger partial charge in [-0.2, -0.15) is 0 Å². The van der Waals surface area contributed by atoms with Gasteiger partial charge < -0.3 is 5.11 Å². The third-order valence-electron chi connectivity index (χ3n) is 3.44. The van der Waals surface area contributed by atoms with Crippen LogP contribution in [0.25, 0.3) is 0 Å². The van der Waals surface area contributed by atoms with E-state index in [0.29, 0.717) is 5.92 Å². The van der Waals surface area contributed by atoms with Gasteiger partial charge in [-0.05, 0) is 32.1 Å². The summed E-state index contributed by atoms with van der Waals surface area (Å²) in [6, 6.07) is 0. The van der Waals surface area contributed by atoms with Gasteiger partial charge in [0.25, 0.3) is 0 Å². The number of aliphatic hydroxyl groups excluding tert-OH is 1. The Bertz CT molecular complexity index is 203. The molecular weight excluding hydrogens is 184 g/mol. The summed E-state index contributed by atoms with van der Waals surface area (Å²) in [5.41, 5.74) is 0. The first-order valence-corrected chi connectivity index (χ1v) is 6.42. The van der Waals surface area contributed by atoms with Crippen LogP contribution in [0, 0.1) is 17.8 Å². The number of hydrogen-bond acceptors (Lipinski definition) is 1. The van der Waals surface area contributed by atoms with Crippen LogP contribution in [-0.4, -0.2) is 11.2 Å². The van der Waals surface area contributed by atoms with Crippen molar-refractivity contribution >= 4 is 0 Å². The molecule has 0 aromatic heterocycles. The maximum Gasteiger partial charge on any atom is 0.0577 e. The molecule has 0 aliphatic heterocycles. The molecule has 0 aromatic carbocycles. The van der Waals surface area contributed by atoms with E-state index in [1.165, 1.54) is 44.9 Å². The van der Waals surface area contributed by atoms with Crippen LogP contribution in [-0.2, 0) is 0 Å². The monoisotopic (exact) mass is 208 g/mol. The Hall–Kier alpha value is -0.480. The molecule has 0 heterocycles. The van der Waals surface area contributed by atoms with Crippen molar-refractivity contribution in [2.45, 2.75) is 70.8 Å². The summed E-state index contributed by atoms with van der Waals surface area (Å²) in [6.07, 6.45) is 10.8. The fourth-order valence-electron chi connectivity index (χ4n) is 2.45. The molecule has 0 amide bonds. The van der Waals surface area contributed by atoms with Crippen LogP contribution in [0.5, 0.6) is 0 Å². The van der Waals surface area contributed by atoms with Gasteiger partial charge in [0.15, 0.2) is 0 Å². The van der Waals surface area contributed by atoms with Gasteiger partial charge in [-0.1, -0.05) is 32.1 Å². The van der Waals surface area contributed by atoms with Crippen molar-refractivity contribution in [1.82, 2.24) is 0 Å². The molecule has 1 N–H and O–H groups in total. The summed E-state index contributed by atoms with van der Waals surface area (Å²) in [6.45, 7) is 1.86. The van der Waals surface area contributed by atoms with Gasteiger partial charge >= 0.3 is 0 Å². The van der Waals surface area contributed by atoms with Crippen molar-refractivity contribution in [2.24, 2.45) is 5.92 Å². The fraction of sp³-hybridized carbons (Fsp3) is 0.857. The normalized spacial score (nSPS) is 20.9. The Kier molecular flexibility index (Phi) is 6.52. The molecule has 0 bridgehead atoms. The summed E-state index contributed by atoms with van der Waals surface area (Å²) >= 11 is 0. The van der Waals surface area contributed by atoms with E-state index in [0.717, 1.165) is 12.8 Å². The van der Waals surface area contributed by atoms with Gasteiger partial charge in [0.2, 0.25) is 0 Å². The predicted molar refractivity (Wildman–Crippen MR) is 64.5 cm³/mol. The van der Waals surface area contributed by atoms with E-state index in [9.17, 15) is 5.11 Å². The second kappa shape index (κ2) is 7.77. The lowest BCUT2D eigenvalue weighted by atomic mass is 9.86. The topological polar surface area (TPSA) is 20.2 Å². The standard InChI is InChI=1S/C14H24O/c1-2-3-7-12-14(15)13-10-8-5-4-6-9-11-13/h13-15H,4-12H2,1H3. The Labute approximate surface area is 94.3 Å². The zero-order valence-electron chi connectivity index (χ0n) is 9.97. The molecule has 1 heteroatoms. The highest BCUT2D eigenvalue weighted by Crippen LogP contribution is 2.26. The Morgan fingerprint density at radius 2 is 1.73 bits per heavy atom. The van der Waals surface area contributed by atoms with Crippen LogP contribution >= 0.6 is 0 Å². The quantitative estimate of drug-likeness (QED) is 0.704. The van der Waals surface area contributed by atoms with Crippen LogP contribution < -0.4 is 0 Å². The second-order valence-corrected chi connectivity index (χ2v) is 4.64. The first kappa shape index (κ1) is 12.6. The van der Waals surface area contributed by atoms with Crippen LogP contribution in [0.1, 0.15) is 64.7 Å². The van der Waals surface area contributed by atoms with Crippen molar-refractivity contribution in [1.29, 1.82) is 0 Å². The molecule has 0 spiro atoms. The lowest BCUT2D eigenvalue weighted by molar-refractivity contribution is 0.0846. The molecule has 1 rings (SSSR count). The van der Waals surface area contributed by atoms with Crippen molar-refractivity contribution in [2.75, 3.05) is 0 Å². The summed E-state index contributed by atoms with van der Waals surface area (Å²) < 4.78 is 0. The van der Waals surface area contributed by atoms with E-state index in [-0.39, 0.29) is 6.10 Å². The van der Waals surface area contributed by atoms with E-state index in [1.807, 2.05) is 6.92 Å². The lowest BCUT2D eigenvalue weighted by Gasteiger charge is -2.24. The largest absolute Gasteiger partial charge is 0.393 e. The minimum absolute atomic E-state index is 0.107. The lowest BCUT2D eigenvalue weighted by Crippen LogP contribution is -2.21. The highest BCUT2D eigenvalue weighted by atomic mass is 16.3. The van der Waals surface area contributed by atoms with Crippen LogP contribution in [0.2, 0.25) is 0 Å². The first-order chi connectivity index (χ1) is 7.34. The van der Waals surface area contributed by atoms with Gasteiger partial charge in [-0.3, -0.25) is 0 Å². The average Bonchev–Trinajstić information content (AvgIpc) is 2.17. The van der Waals surface area contributed by atoms with Crippen molar-refractivity contribution < 1.29 is 5.11 Å². The van der Waals surface area contributed by atoms with Crippen LogP contribution in [0.3, 0.4) is 0 Å². The molecule has 1 fully saturated rings. The van der Waals surface area contributed by atoms with E-state index in [1.54, 1.807) is 0 Å². The summed E-state index contributed by atoms with van der Waals surface area (Å²) in [7, 11) is 0. The van der Waals surface area contributed by atoms with Gasteiger partial charge in [-0.25, -0.2) is 0 Å². The highest BCUT2D eigenvalue weighted by molar-refractivity contribution is 4.95. The Morgan fingerprint density at radius 3 is 2.33 bits per heavy atom. The summed E-state index contributed by atoms with van der Waals surface area (Å²) in [5.74, 6) is 6.47. The number of hydrogen-bond donors (Lipinski definition) is 1. The SMILES string of the molecule is CC#CCCC(O)C1CCCCCCC1. The average molecular weight is 208 g/mol. The molecule has 0 radical (unpaired) electrons. The molecule has 1 aliphatic carbocycles. The van der Waals surface area contributed by atoms with Gasteiger partial charge in [-0.15, -0.1) is 11.8 Å². The Morgan fingerprint density at radius 1 is 1.13 bits per heavy atom. The van der Waals surface area contributed by atoms with Crippen molar-refractivity contribution in [3.05, 3.63) is 0 Å². The fourth-order valence-corrected chi connectivity index (χ4v) is 2.45. The number of aliphatic hydroxyl groups is 1. The van der Waals surface area contributed by atoms with Crippen LogP contribution in [0.15, 0.2) is 0 Å². The minimum Gasteiger partial charge on any atom is -0.393 e. The van der Waals surface area contributed by atoms with E-state index < -0.39 is 0 Å². The molecule has 86 valence electrons. The molecule has 0 saturated heterocycles. The smallest absolute Gasteiger partial charge is 0.0577 e. The molecule has 1 saturated carbocycles. The van der Waals surface area contributed by atoms with Gasteiger partial charge in [0.05, 0.1) is 6.10 Å². The molecule has 15 heavy (non-hydrogen) atoms. The Balaban J connectivity index is 2.26. The molecule has 1 nitrogen and oxygen atoms in total.